The largest absolute Gasteiger partial charge is 0.385 e. The van der Waals surface area contributed by atoms with E-state index in [-0.39, 0.29) is 11.7 Å². The zero-order valence-electron chi connectivity index (χ0n) is 15.8. The number of hydrogen-bond donors (Lipinski definition) is 1. The molecule has 0 aliphatic heterocycles. The van der Waals surface area contributed by atoms with E-state index in [1.54, 1.807) is 31.4 Å². The Bertz CT molecular complexity index is 981. The van der Waals surface area contributed by atoms with Crippen LogP contribution in [0.15, 0.2) is 53.7 Å². The van der Waals surface area contributed by atoms with Crippen LogP contribution < -0.4 is 5.32 Å². The topological polar surface area (TPSA) is 69.0 Å². The molecule has 0 aliphatic carbocycles. The van der Waals surface area contributed by atoms with E-state index in [4.69, 9.17) is 27.9 Å². The molecule has 0 saturated carbocycles. The van der Waals surface area contributed by atoms with Gasteiger partial charge in [-0.2, -0.15) is 0 Å². The van der Waals surface area contributed by atoms with Gasteiger partial charge in [0.05, 0.1) is 10.8 Å². The lowest BCUT2D eigenvalue weighted by atomic mass is 10.2. The molecule has 6 nitrogen and oxygen atoms in total. The van der Waals surface area contributed by atoms with E-state index in [0.29, 0.717) is 39.9 Å². The number of methoxy groups -OCH3 is 1. The van der Waals surface area contributed by atoms with Gasteiger partial charge in [0, 0.05) is 36.5 Å². The van der Waals surface area contributed by atoms with Crippen molar-refractivity contribution in [1.82, 2.24) is 14.8 Å². The number of hydrogen-bond acceptors (Lipinski definition) is 5. The third-order valence-electron chi connectivity index (χ3n) is 4.00. The van der Waals surface area contributed by atoms with Gasteiger partial charge in [-0.05, 0) is 36.8 Å². The van der Waals surface area contributed by atoms with Crippen molar-refractivity contribution in [2.75, 3.05) is 24.8 Å². The third-order valence-corrected chi connectivity index (χ3v) is 5.53. The molecule has 0 atom stereocenters. The first kappa shape index (κ1) is 21.6. The highest BCUT2D eigenvalue weighted by Gasteiger charge is 2.17. The first-order chi connectivity index (χ1) is 14.1. The number of halogens is 2. The SMILES string of the molecule is COCCCn1c(SCC(=O)Nc2cccc(Cl)c2)nnc1-c1ccccc1Cl. The smallest absolute Gasteiger partial charge is 0.234 e. The molecule has 0 aliphatic rings. The summed E-state index contributed by atoms with van der Waals surface area (Å²) in [6.07, 6.45) is 0.786. The molecule has 0 bridgehead atoms. The number of nitrogens with one attached hydrogen (secondary N) is 1. The number of carbonyl (C=O) groups excluding carboxylic acids is 1. The fourth-order valence-electron chi connectivity index (χ4n) is 2.70. The first-order valence-corrected chi connectivity index (χ1v) is 10.7. The van der Waals surface area contributed by atoms with Crippen LogP contribution in [0.25, 0.3) is 11.4 Å². The minimum Gasteiger partial charge on any atom is -0.385 e. The van der Waals surface area contributed by atoms with Crippen LogP contribution in [0.3, 0.4) is 0 Å². The summed E-state index contributed by atoms with van der Waals surface area (Å²) in [6, 6.07) is 14.5. The number of nitrogens with zero attached hydrogens (tertiary/aromatic N) is 3. The number of aromatic nitrogens is 3. The van der Waals surface area contributed by atoms with Crippen LogP contribution in [-0.2, 0) is 16.1 Å². The molecule has 1 aromatic heterocycles. The Hall–Kier alpha value is -2.06. The molecule has 3 rings (SSSR count). The normalized spacial score (nSPS) is 10.9. The summed E-state index contributed by atoms with van der Waals surface area (Å²) in [4.78, 5) is 12.3. The highest BCUT2D eigenvalue weighted by Crippen LogP contribution is 2.29. The maximum atomic E-state index is 12.3. The van der Waals surface area contributed by atoms with Gasteiger partial charge in [0.2, 0.25) is 5.91 Å². The number of thioether (sulfide) groups is 1. The molecular weight excluding hydrogens is 431 g/mol. The van der Waals surface area contributed by atoms with Gasteiger partial charge in [0.1, 0.15) is 0 Å². The quantitative estimate of drug-likeness (QED) is 0.366. The fourth-order valence-corrected chi connectivity index (χ4v) is 3.87. The Balaban J connectivity index is 1.74. The van der Waals surface area contributed by atoms with Crippen molar-refractivity contribution in [3.05, 3.63) is 58.6 Å². The highest BCUT2D eigenvalue weighted by molar-refractivity contribution is 7.99. The van der Waals surface area contributed by atoms with Crippen molar-refractivity contribution in [2.24, 2.45) is 0 Å². The summed E-state index contributed by atoms with van der Waals surface area (Å²) in [5.41, 5.74) is 1.45. The third kappa shape index (κ3) is 5.96. The van der Waals surface area contributed by atoms with E-state index in [1.165, 1.54) is 11.8 Å². The molecular formula is C20H20Cl2N4O2S. The van der Waals surface area contributed by atoms with Crippen LogP contribution >= 0.6 is 35.0 Å². The predicted octanol–water partition coefficient (Wildman–Crippen LogP) is 5.02. The lowest BCUT2D eigenvalue weighted by Gasteiger charge is -2.11. The lowest BCUT2D eigenvalue weighted by molar-refractivity contribution is -0.113. The molecule has 0 spiro atoms. The highest BCUT2D eigenvalue weighted by atomic mass is 35.5. The lowest BCUT2D eigenvalue weighted by Crippen LogP contribution is -2.15. The number of ether oxygens (including phenoxy) is 1. The number of benzene rings is 2. The Labute approximate surface area is 183 Å². The minimum absolute atomic E-state index is 0.150. The molecule has 152 valence electrons. The number of rotatable bonds is 9. The van der Waals surface area contributed by atoms with Crippen LogP contribution in [-0.4, -0.2) is 40.1 Å². The van der Waals surface area contributed by atoms with Crippen LogP contribution in [0, 0.1) is 0 Å². The molecule has 9 heteroatoms. The van der Waals surface area contributed by atoms with Gasteiger partial charge < -0.3 is 14.6 Å². The average molecular weight is 451 g/mol. The van der Waals surface area contributed by atoms with Gasteiger partial charge in [-0.25, -0.2) is 0 Å². The van der Waals surface area contributed by atoms with Crippen molar-refractivity contribution in [2.45, 2.75) is 18.1 Å². The van der Waals surface area contributed by atoms with Gasteiger partial charge >= 0.3 is 0 Å². The van der Waals surface area contributed by atoms with Gasteiger partial charge in [-0.1, -0.05) is 53.2 Å². The molecule has 0 saturated heterocycles. The number of carbonyl (C=O) groups is 1. The van der Waals surface area contributed by atoms with Crippen LogP contribution in [0.5, 0.6) is 0 Å². The molecule has 1 heterocycles. The van der Waals surface area contributed by atoms with Crippen molar-refractivity contribution in [1.29, 1.82) is 0 Å². The standard InChI is InChI=1S/C20H20Cl2N4O2S/c1-28-11-5-10-26-19(16-8-2-3-9-17(16)22)24-25-20(26)29-13-18(27)23-15-7-4-6-14(21)12-15/h2-4,6-9,12H,5,10-11,13H2,1H3,(H,23,27). The van der Waals surface area contributed by atoms with Crippen molar-refractivity contribution >= 4 is 46.6 Å². The average Bonchev–Trinajstić information content (AvgIpc) is 3.09. The van der Waals surface area contributed by atoms with Gasteiger partial charge in [0.25, 0.3) is 0 Å². The zero-order chi connectivity index (χ0) is 20.6. The van der Waals surface area contributed by atoms with Gasteiger partial charge in [-0.3, -0.25) is 4.79 Å². The monoisotopic (exact) mass is 450 g/mol. The summed E-state index contributed by atoms with van der Waals surface area (Å²) in [6.45, 7) is 1.26. The molecule has 2 aromatic carbocycles. The second kappa shape index (κ2) is 10.6. The molecule has 1 amide bonds. The van der Waals surface area contributed by atoms with Crippen molar-refractivity contribution in [3.63, 3.8) is 0 Å². The maximum absolute atomic E-state index is 12.3. The van der Waals surface area contributed by atoms with E-state index in [9.17, 15) is 4.79 Å². The first-order valence-electron chi connectivity index (χ1n) is 8.93. The molecule has 3 aromatic rings. The van der Waals surface area contributed by atoms with Crippen LogP contribution in [0.4, 0.5) is 5.69 Å². The number of anilines is 1. The summed E-state index contributed by atoms with van der Waals surface area (Å²) < 4.78 is 7.13. The fraction of sp³-hybridized carbons (Fsp3) is 0.250. The summed E-state index contributed by atoms with van der Waals surface area (Å²) >= 11 is 13.6. The Morgan fingerprint density at radius 2 is 2.00 bits per heavy atom. The van der Waals surface area contributed by atoms with E-state index >= 15 is 0 Å². The molecule has 0 unspecified atom stereocenters. The maximum Gasteiger partial charge on any atom is 0.234 e. The molecule has 29 heavy (non-hydrogen) atoms. The van der Waals surface area contributed by atoms with Crippen LogP contribution in [0.2, 0.25) is 10.0 Å². The molecule has 1 N–H and O–H groups in total. The summed E-state index contributed by atoms with van der Waals surface area (Å²) in [5, 5.41) is 13.2. The zero-order valence-corrected chi connectivity index (χ0v) is 18.1. The van der Waals surface area contributed by atoms with E-state index in [0.717, 1.165) is 12.0 Å². The van der Waals surface area contributed by atoms with Crippen molar-refractivity contribution in [3.8, 4) is 11.4 Å². The summed E-state index contributed by atoms with van der Waals surface area (Å²) in [7, 11) is 1.66. The van der Waals surface area contributed by atoms with Gasteiger partial charge in [0.15, 0.2) is 11.0 Å². The Morgan fingerprint density at radius 1 is 1.17 bits per heavy atom. The Morgan fingerprint density at radius 3 is 2.76 bits per heavy atom. The predicted molar refractivity (Wildman–Crippen MR) is 118 cm³/mol. The van der Waals surface area contributed by atoms with E-state index in [2.05, 4.69) is 15.5 Å². The van der Waals surface area contributed by atoms with Crippen LogP contribution in [0.1, 0.15) is 6.42 Å². The summed E-state index contributed by atoms with van der Waals surface area (Å²) in [5.74, 6) is 0.713. The van der Waals surface area contributed by atoms with E-state index < -0.39 is 0 Å². The molecule has 0 radical (unpaired) electrons. The Kier molecular flexibility index (Phi) is 7.94. The molecule has 0 fully saturated rings. The second-order valence-electron chi connectivity index (χ2n) is 6.13. The van der Waals surface area contributed by atoms with Gasteiger partial charge in [-0.15, -0.1) is 10.2 Å². The van der Waals surface area contributed by atoms with Crippen molar-refractivity contribution < 1.29 is 9.53 Å². The van der Waals surface area contributed by atoms with E-state index in [1.807, 2.05) is 28.8 Å². The second-order valence-corrected chi connectivity index (χ2v) is 7.92. The number of amides is 1. The minimum atomic E-state index is -0.150.